The molecule has 2 aliphatic rings. The molecule has 0 unspecified atom stereocenters. The van der Waals surface area contributed by atoms with Crippen LogP contribution in [0.1, 0.15) is 84.5 Å². The molecule has 0 spiro atoms. The molecule has 2 aromatic carbocycles. The zero-order chi connectivity index (χ0) is 38.0. The normalized spacial score (nSPS) is 15.3. The number of carbonyl (C=O) groups is 2. The van der Waals surface area contributed by atoms with Crippen molar-refractivity contribution in [3.63, 3.8) is 0 Å². The molecule has 0 bridgehead atoms. The Hall–Kier alpha value is -5.52. The van der Waals surface area contributed by atoms with Gasteiger partial charge < -0.3 is 38.3 Å². The van der Waals surface area contributed by atoms with Gasteiger partial charge in [-0.05, 0) is 72.9 Å². The summed E-state index contributed by atoms with van der Waals surface area (Å²) in [6.45, 7) is 8.52. The fraction of sp³-hybridized carbons (Fsp3) is 0.400. The zero-order valence-electron chi connectivity index (χ0n) is 30.8. The Morgan fingerprint density at radius 3 is 1.23 bits per heavy atom. The summed E-state index contributed by atoms with van der Waals surface area (Å²) in [4.78, 5) is 47.4. The molecule has 2 aromatic heterocycles. The summed E-state index contributed by atoms with van der Waals surface area (Å²) in [5, 5.41) is 18.7. The van der Waals surface area contributed by atoms with Crippen molar-refractivity contribution in [1.29, 1.82) is 0 Å². The molecule has 6 rings (SSSR count). The molecule has 2 aliphatic heterocycles. The second-order valence-electron chi connectivity index (χ2n) is 14.0. The third kappa shape index (κ3) is 7.42. The average Bonchev–Trinajstić information content (AvgIpc) is 3.09. The Bertz CT molecular complexity index is 1980. The highest BCUT2D eigenvalue weighted by atomic mass is 16.5. The van der Waals surface area contributed by atoms with Gasteiger partial charge in [-0.3, -0.25) is 9.59 Å². The summed E-state index contributed by atoms with van der Waals surface area (Å²) in [5.41, 5.74) is 3.92. The summed E-state index contributed by atoms with van der Waals surface area (Å²) in [7, 11) is 6.32. The number of hydrogen-bond acceptors (Lipinski definition) is 8. The minimum atomic E-state index is -1.20. The van der Waals surface area contributed by atoms with Gasteiger partial charge in [0.25, 0.3) is 0 Å². The van der Waals surface area contributed by atoms with Gasteiger partial charge in [0.05, 0.1) is 39.8 Å². The van der Waals surface area contributed by atoms with Crippen molar-refractivity contribution in [2.24, 2.45) is 11.8 Å². The Morgan fingerprint density at radius 1 is 0.615 bits per heavy atom. The monoisotopic (exact) mass is 714 g/mol. The summed E-state index contributed by atoms with van der Waals surface area (Å²) in [6.07, 6.45) is 6.19. The first-order valence-corrected chi connectivity index (χ1v) is 17.2. The number of methoxy groups -OCH3 is 4. The number of aromatic carboxylic acids is 2. The second-order valence-corrected chi connectivity index (χ2v) is 14.0. The van der Waals surface area contributed by atoms with Gasteiger partial charge in [0.15, 0.2) is 33.9 Å². The maximum absolute atomic E-state index is 12.3. The molecule has 4 heterocycles. The van der Waals surface area contributed by atoms with Crippen LogP contribution < -0.4 is 29.8 Å². The first kappa shape index (κ1) is 37.7. The number of fused-ring (bicyclic) bond motifs is 6. The molecule has 52 heavy (non-hydrogen) atoms. The van der Waals surface area contributed by atoms with Crippen molar-refractivity contribution in [2.75, 3.05) is 28.4 Å². The first-order chi connectivity index (χ1) is 24.7. The SMILES string of the molecule is COc1cc2c(cc1OC)-c1cc(=O)c(C(=O)O)cn1[C@@H](CC(C)C)C2.COc1cc2c(cc1OC)-c1cc(=O)c(C(=O)O)cn1[C@H](CC(C)C)C2. The molecule has 0 amide bonds. The molecule has 0 aliphatic carbocycles. The van der Waals surface area contributed by atoms with E-state index in [9.17, 15) is 29.4 Å². The van der Waals surface area contributed by atoms with Crippen LogP contribution in [0.2, 0.25) is 0 Å². The van der Waals surface area contributed by atoms with Crippen LogP contribution >= 0.6 is 0 Å². The fourth-order valence-electron chi connectivity index (χ4n) is 7.30. The molecule has 0 radical (unpaired) electrons. The van der Waals surface area contributed by atoms with E-state index in [0.29, 0.717) is 46.2 Å². The fourth-order valence-corrected chi connectivity index (χ4v) is 7.30. The summed E-state index contributed by atoms with van der Waals surface area (Å²) >= 11 is 0. The highest BCUT2D eigenvalue weighted by Crippen LogP contribution is 2.43. The molecule has 4 aromatic rings. The Labute approximate surface area is 302 Å². The van der Waals surface area contributed by atoms with Crippen molar-refractivity contribution in [1.82, 2.24) is 9.13 Å². The average molecular weight is 715 g/mol. The van der Waals surface area contributed by atoms with E-state index in [1.165, 1.54) is 24.5 Å². The number of rotatable bonds is 10. The molecule has 0 saturated heterocycles. The number of ether oxygens (including phenoxy) is 4. The van der Waals surface area contributed by atoms with E-state index in [2.05, 4.69) is 27.7 Å². The van der Waals surface area contributed by atoms with Gasteiger partial charge in [0.1, 0.15) is 11.1 Å². The van der Waals surface area contributed by atoms with E-state index in [1.807, 2.05) is 33.4 Å². The molecule has 2 N–H and O–H groups in total. The lowest BCUT2D eigenvalue weighted by atomic mass is 9.88. The van der Waals surface area contributed by atoms with Crippen LogP contribution in [-0.2, 0) is 12.8 Å². The zero-order valence-corrected chi connectivity index (χ0v) is 30.8. The maximum atomic E-state index is 12.3. The maximum Gasteiger partial charge on any atom is 0.341 e. The lowest BCUT2D eigenvalue weighted by molar-refractivity contribution is 0.0683. The van der Waals surface area contributed by atoms with E-state index < -0.39 is 22.8 Å². The molecule has 2 atom stereocenters. The standard InChI is InChI=1S/2C20H23NO5/c2*1-11(2)5-13-6-12-7-18(25-3)19(26-4)8-14(12)16-9-17(22)15(20(23)24)10-21(13)16/h2*7-11,13H,5-6H2,1-4H3,(H,23,24)/t2*13-/m10/s1. The van der Waals surface area contributed by atoms with Crippen molar-refractivity contribution in [2.45, 2.75) is 65.5 Å². The minimum absolute atomic E-state index is 0.0781. The number of benzene rings is 2. The van der Waals surface area contributed by atoms with Gasteiger partial charge >= 0.3 is 11.9 Å². The number of carboxylic acid groups (broad SMARTS) is 2. The molecule has 0 fully saturated rings. The van der Waals surface area contributed by atoms with Crippen LogP contribution in [0.3, 0.4) is 0 Å². The molecule has 12 nitrogen and oxygen atoms in total. The Kier molecular flexibility index (Phi) is 11.2. The molecular formula is C40H46N2O10. The van der Waals surface area contributed by atoms with Crippen LogP contribution in [0.4, 0.5) is 0 Å². The van der Waals surface area contributed by atoms with E-state index in [1.54, 1.807) is 28.4 Å². The predicted octanol–water partition coefficient (Wildman–Crippen LogP) is 6.75. The molecule has 12 heteroatoms. The number of carboxylic acids is 2. The van der Waals surface area contributed by atoms with Crippen molar-refractivity contribution < 1.29 is 38.7 Å². The summed E-state index contributed by atoms with van der Waals surface area (Å²) < 4.78 is 25.5. The highest BCUT2D eigenvalue weighted by Gasteiger charge is 2.30. The number of aromatic nitrogens is 2. The van der Waals surface area contributed by atoms with Gasteiger partial charge in [-0.2, -0.15) is 0 Å². The molecule has 276 valence electrons. The third-order valence-electron chi connectivity index (χ3n) is 9.58. The summed E-state index contributed by atoms with van der Waals surface area (Å²) in [6, 6.07) is 10.6. The predicted molar refractivity (Wildman–Crippen MR) is 197 cm³/mol. The van der Waals surface area contributed by atoms with Crippen molar-refractivity contribution in [3.8, 4) is 45.5 Å². The van der Waals surface area contributed by atoms with E-state index in [-0.39, 0.29) is 23.2 Å². The number of hydrogen-bond donors (Lipinski definition) is 2. The lowest BCUT2D eigenvalue weighted by Gasteiger charge is -2.32. The van der Waals surface area contributed by atoms with Gasteiger partial charge in [-0.25, -0.2) is 9.59 Å². The quantitative estimate of drug-likeness (QED) is 0.180. The van der Waals surface area contributed by atoms with Crippen LogP contribution in [0.15, 0.2) is 58.4 Å². The van der Waals surface area contributed by atoms with E-state index >= 15 is 0 Å². The smallest absolute Gasteiger partial charge is 0.341 e. The first-order valence-electron chi connectivity index (χ1n) is 17.2. The molecule has 0 saturated carbocycles. The van der Waals surface area contributed by atoms with Crippen LogP contribution in [0.25, 0.3) is 22.5 Å². The van der Waals surface area contributed by atoms with E-state index in [4.69, 9.17) is 18.9 Å². The van der Waals surface area contributed by atoms with Crippen molar-refractivity contribution in [3.05, 3.63) is 91.5 Å². The van der Waals surface area contributed by atoms with E-state index in [0.717, 1.165) is 47.9 Å². The van der Waals surface area contributed by atoms with Crippen molar-refractivity contribution >= 4 is 11.9 Å². The van der Waals surface area contributed by atoms with Gasteiger partial charge in [-0.1, -0.05) is 27.7 Å². The highest BCUT2D eigenvalue weighted by molar-refractivity contribution is 5.88. The number of nitrogens with zero attached hydrogens (tertiary/aromatic N) is 2. The Morgan fingerprint density at radius 2 is 0.942 bits per heavy atom. The largest absolute Gasteiger partial charge is 0.493 e. The lowest BCUT2D eigenvalue weighted by Crippen LogP contribution is -2.26. The van der Waals surface area contributed by atoms with Gasteiger partial charge in [0, 0.05) is 47.7 Å². The summed E-state index contributed by atoms with van der Waals surface area (Å²) in [5.74, 6) is 0.910. The second kappa shape index (κ2) is 15.4. The number of pyridine rings is 2. The van der Waals surface area contributed by atoms with Crippen LogP contribution in [0, 0.1) is 11.8 Å². The topological polar surface area (TPSA) is 156 Å². The van der Waals surface area contributed by atoms with Gasteiger partial charge in [0.2, 0.25) is 0 Å². The van der Waals surface area contributed by atoms with Crippen LogP contribution in [0.5, 0.6) is 23.0 Å². The molecular weight excluding hydrogens is 668 g/mol. The van der Waals surface area contributed by atoms with Gasteiger partial charge in [-0.15, -0.1) is 0 Å². The Balaban J connectivity index is 0.000000201. The minimum Gasteiger partial charge on any atom is -0.493 e. The third-order valence-corrected chi connectivity index (χ3v) is 9.58. The van der Waals surface area contributed by atoms with Crippen LogP contribution in [-0.4, -0.2) is 59.7 Å².